The second-order valence-electron chi connectivity index (χ2n) is 10.2. The highest BCUT2D eigenvalue weighted by Crippen LogP contribution is 2.15. The first-order valence-corrected chi connectivity index (χ1v) is 14.5. The van der Waals surface area contributed by atoms with Crippen molar-refractivity contribution < 1.29 is 19.2 Å². The fraction of sp³-hybridized carbons (Fsp3) is 1.00. The second kappa shape index (κ2) is 21.4. The smallest absolute Gasteiger partial charge is 0.102 e. The molecule has 0 aromatic rings. The molecule has 0 aliphatic carbocycles. The van der Waals surface area contributed by atoms with Crippen LogP contribution in [0.4, 0.5) is 0 Å². The van der Waals surface area contributed by atoms with E-state index < -0.39 is 0 Å². The normalized spacial score (nSPS) is 12.6. The van der Waals surface area contributed by atoms with Gasteiger partial charge in [-0.05, 0) is 53.4 Å². The van der Waals surface area contributed by atoms with Crippen molar-refractivity contribution in [3.63, 3.8) is 0 Å². The zero-order valence-corrected chi connectivity index (χ0v) is 22.8. The third-order valence-corrected chi connectivity index (χ3v) is 8.35. The maximum atomic E-state index is 9.34. The first kappa shape index (κ1) is 31.8. The van der Waals surface area contributed by atoms with Crippen LogP contribution in [0.2, 0.25) is 0 Å². The number of aliphatic hydroxyl groups excluding tert-OH is 2. The van der Waals surface area contributed by atoms with E-state index in [1.165, 1.54) is 121 Å². The summed E-state index contributed by atoms with van der Waals surface area (Å²) < 4.78 is 2.19. The van der Waals surface area contributed by atoms with E-state index in [9.17, 15) is 10.2 Å². The summed E-state index contributed by atoms with van der Waals surface area (Å²) >= 11 is 0. The number of aliphatic hydroxyl groups is 2. The zero-order chi connectivity index (χ0) is 24.0. The van der Waals surface area contributed by atoms with Crippen LogP contribution in [0.1, 0.15) is 118 Å². The fourth-order valence-corrected chi connectivity index (χ4v) is 5.39. The second-order valence-corrected chi connectivity index (χ2v) is 10.2. The number of hydrogen-bond donors (Lipinski definition) is 2. The van der Waals surface area contributed by atoms with Crippen molar-refractivity contribution in [3.05, 3.63) is 0 Å². The molecule has 0 aromatic heterocycles. The van der Waals surface area contributed by atoms with E-state index in [1.807, 2.05) is 0 Å². The van der Waals surface area contributed by atoms with E-state index in [0.717, 1.165) is 30.7 Å². The van der Waals surface area contributed by atoms with Gasteiger partial charge in [-0.3, -0.25) is 0 Å². The Kier molecular flexibility index (Phi) is 21.3. The van der Waals surface area contributed by atoms with Crippen LogP contribution in [0.5, 0.6) is 0 Å². The van der Waals surface area contributed by atoms with Crippen molar-refractivity contribution in [2.45, 2.75) is 118 Å². The molecule has 0 aliphatic rings. The lowest BCUT2D eigenvalue weighted by atomic mass is 10.0. The van der Waals surface area contributed by atoms with Crippen LogP contribution in [-0.4, -0.2) is 84.8 Å². The van der Waals surface area contributed by atoms with Crippen LogP contribution in [0, 0.1) is 0 Å². The predicted octanol–water partition coefficient (Wildman–Crippen LogP) is 6.15. The largest absolute Gasteiger partial charge is 0.391 e. The number of rotatable bonds is 25. The van der Waals surface area contributed by atoms with Gasteiger partial charge in [0.05, 0.1) is 52.5 Å². The van der Waals surface area contributed by atoms with E-state index in [4.69, 9.17) is 0 Å². The molecule has 0 rings (SSSR count). The summed E-state index contributed by atoms with van der Waals surface area (Å²) in [6.07, 6.45) is 19.5. The SMILES string of the molecule is CC[N+](CC)(CC)CCCCCCCCCCCCCCCC[N+](CC)(CCO)CCO. The Morgan fingerprint density at radius 1 is 0.344 bits per heavy atom. The third-order valence-electron chi connectivity index (χ3n) is 8.35. The highest BCUT2D eigenvalue weighted by Gasteiger charge is 2.23. The minimum atomic E-state index is 0.227. The quantitative estimate of drug-likeness (QED) is 0.127. The predicted molar refractivity (Wildman–Crippen MR) is 141 cm³/mol. The van der Waals surface area contributed by atoms with Gasteiger partial charge in [0.25, 0.3) is 0 Å². The number of unbranched alkanes of at least 4 members (excludes halogenated alkanes) is 13. The van der Waals surface area contributed by atoms with Crippen LogP contribution in [-0.2, 0) is 0 Å². The molecule has 2 N–H and O–H groups in total. The summed E-state index contributed by atoms with van der Waals surface area (Å²) in [5, 5.41) is 18.7. The molecule has 0 unspecified atom stereocenters. The average molecular weight is 459 g/mol. The molecule has 4 nitrogen and oxygen atoms in total. The molecule has 0 atom stereocenters. The molecule has 0 aromatic carbocycles. The lowest BCUT2D eigenvalue weighted by Crippen LogP contribution is -2.52. The van der Waals surface area contributed by atoms with Gasteiger partial charge in [0.1, 0.15) is 13.1 Å². The average Bonchev–Trinajstić information content (AvgIpc) is 2.82. The summed E-state index contributed by atoms with van der Waals surface area (Å²) in [4.78, 5) is 0. The van der Waals surface area contributed by atoms with Gasteiger partial charge in [-0.1, -0.05) is 64.2 Å². The van der Waals surface area contributed by atoms with Crippen LogP contribution in [0.15, 0.2) is 0 Å². The maximum absolute atomic E-state index is 9.34. The van der Waals surface area contributed by atoms with Gasteiger partial charge in [-0.2, -0.15) is 0 Å². The molecule has 4 heteroatoms. The maximum Gasteiger partial charge on any atom is 0.102 e. The first-order valence-electron chi connectivity index (χ1n) is 14.5. The van der Waals surface area contributed by atoms with Gasteiger partial charge < -0.3 is 19.2 Å². The molecule has 194 valence electrons. The van der Waals surface area contributed by atoms with Crippen molar-refractivity contribution in [2.75, 3.05) is 65.6 Å². The Bertz CT molecular complexity index is 371. The Hall–Kier alpha value is -0.160. The standard InChI is InChI=1S/C28H62N2O2/c1-5-29(6-2,7-3)23-21-19-17-15-13-11-9-10-12-14-16-18-20-22-24-30(8-4,25-27-31)26-28-32/h31-32H,5-28H2,1-4H3/q+2. The molecular formula is C28H62N2O2+2. The third kappa shape index (κ3) is 14.9. The summed E-state index contributed by atoms with van der Waals surface area (Å²) in [5.41, 5.74) is 0. The molecule has 0 spiro atoms. The van der Waals surface area contributed by atoms with Gasteiger partial charge in [-0.25, -0.2) is 0 Å². The summed E-state index contributed by atoms with van der Waals surface area (Å²) in [7, 11) is 0. The molecule has 0 fully saturated rings. The monoisotopic (exact) mass is 458 g/mol. The molecule has 0 radical (unpaired) electrons. The van der Waals surface area contributed by atoms with Crippen molar-refractivity contribution in [3.8, 4) is 0 Å². The van der Waals surface area contributed by atoms with Crippen molar-refractivity contribution in [2.24, 2.45) is 0 Å². The Labute approximate surface area is 202 Å². The summed E-state index contributed by atoms with van der Waals surface area (Å²) in [5.74, 6) is 0. The molecule has 0 aliphatic heterocycles. The molecule has 0 saturated carbocycles. The molecule has 0 heterocycles. The van der Waals surface area contributed by atoms with Gasteiger partial charge in [0.15, 0.2) is 0 Å². The molecule has 0 bridgehead atoms. The lowest BCUT2D eigenvalue weighted by Gasteiger charge is -2.37. The van der Waals surface area contributed by atoms with Crippen LogP contribution in [0.25, 0.3) is 0 Å². The molecule has 32 heavy (non-hydrogen) atoms. The van der Waals surface area contributed by atoms with E-state index in [0.29, 0.717) is 0 Å². The van der Waals surface area contributed by atoms with Crippen LogP contribution >= 0.6 is 0 Å². The van der Waals surface area contributed by atoms with Gasteiger partial charge in [-0.15, -0.1) is 0 Å². The summed E-state index contributed by atoms with van der Waals surface area (Å²) in [6, 6.07) is 0. The number of hydrogen-bond acceptors (Lipinski definition) is 2. The minimum absolute atomic E-state index is 0.227. The van der Waals surface area contributed by atoms with E-state index in [1.54, 1.807) is 0 Å². The van der Waals surface area contributed by atoms with Crippen molar-refractivity contribution >= 4 is 0 Å². The topological polar surface area (TPSA) is 40.5 Å². The van der Waals surface area contributed by atoms with E-state index >= 15 is 0 Å². The Balaban J connectivity index is 3.48. The molecular weight excluding hydrogens is 396 g/mol. The number of likely N-dealkylation sites (N-methyl/N-ethyl adjacent to an activating group) is 1. The highest BCUT2D eigenvalue weighted by atomic mass is 16.3. The molecule has 0 amide bonds. The number of quaternary nitrogens is 2. The Morgan fingerprint density at radius 2 is 0.594 bits per heavy atom. The van der Waals surface area contributed by atoms with Crippen molar-refractivity contribution in [1.82, 2.24) is 0 Å². The minimum Gasteiger partial charge on any atom is -0.391 e. The number of nitrogens with zero attached hydrogens (tertiary/aromatic N) is 2. The zero-order valence-electron chi connectivity index (χ0n) is 22.8. The van der Waals surface area contributed by atoms with Gasteiger partial charge >= 0.3 is 0 Å². The summed E-state index contributed by atoms with van der Waals surface area (Å²) in [6.45, 7) is 18.6. The van der Waals surface area contributed by atoms with Crippen molar-refractivity contribution in [1.29, 1.82) is 0 Å². The fourth-order valence-electron chi connectivity index (χ4n) is 5.39. The van der Waals surface area contributed by atoms with Gasteiger partial charge in [0.2, 0.25) is 0 Å². The Morgan fingerprint density at radius 3 is 0.844 bits per heavy atom. The van der Waals surface area contributed by atoms with Crippen LogP contribution < -0.4 is 0 Å². The van der Waals surface area contributed by atoms with E-state index in [2.05, 4.69) is 27.7 Å². The first-order chi connectivity index (χ1) is 15.6. The molecule has 0 saturated heterocycles. The van der Waals surface area contributed by atoms with E-state index in [-0.39, 0.29) is 13.2 Å². The lowest BCUT2D eigenvalue weighted by molar-refractivity contribution is -0.927. The van der Waals surface area contributed by atoms with Crippen LogP contribution in [0.3, 0.4) is 0 Å². The highest BCUT2D eigenvalue weighted by molar-refractivity contribution is 4.51. The van der Waals surface area contributed by atoms with Gasteiger partial charge in [0, 0.05) is 0 Å².